The summed E-state index contributed by atoms with van der Waals surface area (Å²) in [7, 11) is 1.66. The van der Waals surface area contributed by atoms with Crippen molar-refractivity contribution in [3.8, 4) is 11.3 Å². The Morgan fingerprint density at radius 3 is 2.52 bits per heavy atom. The molecule has 2 aromatic rings. The number of rotatable bonds is 5. The highest BCUT2D eigenvalue weighted by atomic mass is 16.3. The fraction of sp³-hybridized carbons (Fsp3) is 0.400. The summed E-state index contributed by atoms with van der Waals surface area (Å²) < 4.78 is 5.85. The van der Waals surface area contributed by atoms with Gasteiger partial charge in [-0.05, 0) is 25.0 Å². The molecule has 1 fully saturated rings. The third kappa shape index (κ3) is 4.29. The van der Waals surface area contributed by atoms with Gasteiger partial charge in [0.2, 0.25) is 11.8 Å². The van der Waals surface area contributed by atoms with Gasteiger partial charge in [0.1, 0.15) is 11.5 Å². The molecule has 1 aromatic carbocycles. The second kappa shape index (κ2) is 8.01. The number of aryl methyl sites for hydroxylation is 1. The first-order chi connectivity index (χ1) is 12.2. The van der Waals surface area contributed by atoms with E-state index in [2.05, 4.69) is 5.32 Å². The van der Waals surface area contributed by atoms with Gasteiger partial charge >= 0.3 is 0 Å². The fourth-order valence-electron chi connectivity index (χ4n) is 3.25. The lowest BCUT2D eigenvalue weighted by atomic mass is 9.95. The van der Waals surface area contributed by atoms with Crippen LogP contribution in [0.15, 0.2) is 46.9 Å². The third-order valence-electron chi connectivity index (χ3n) is 4.77. The van der Waals surface area contributed by atoms with E-state index < -0.39 is 0 Å². The van der Waals surface area contributed by atoms with Gasteiger partial charge in [-0.25, -0.2) is 0 Å². The molecule has 1 N–H and O–H groups in total. The largest absolute Gasteiger partial charge is 0.461 e. The number of furan rings is 1. The van der Waals surface area contributed by atoms with Crippen LogP contribution in [-0.2, 0) is 16.0 Å². The van der Waals surface area contributed by atoms with Crippen LogP contribution >= 0.6 is 0 Å². The number of nitrogens with one attached hydrogen (secondary N) is 1. The number of likely N-dealkylation sites (tertiary alicyclic amines) is 1. The summed E-state index contributed by atoms with van der Waals surface area (Å²) in [6.45, 7) is 1.31. The average Bonchev–Trinajstić information content (AvgIpc) is 3.15. The van der Waals surface area contributed by atoms with Gasteiger partial charge in [0.25, 0.3) is 0 Å². The Hall–Kier alpha value is -2.56. The predicted molar refractivity (Wildman–Crippen MR) is 95.8 cm³/mol. The normalized spacial score (nSPS) is 15.2. The van der Waals surface area contributed by atoms with Crippen LogP contribution in [0.4, 0.5) is 0 Å². The number of carbonyl (C=O) groups excluding carboxylic acids is 2. The minimum Gasteiger partial charge on any atom is -0.461 e. The van der Waals surface area contributed by atoms with E-state index in [1.54, 1.807) is 7.05 Å². The molecule has 5 heteroatoms. The predicted octanol–water partition coefficient (Wildman–Crippen LogP) is 2.86. The van der Waals surface area contributed by atoms with Crippen LogP contribution in [0, 0.1) is 5.92 Å². The number of benzene rings is 1. The smallest absolute Gasteiger partial charge is 0.223 e. The van der Waals surface area contributed by atoms with E-state index in [0.717, 1.165) is 29.9 Å². The van der Waals surface area contributed by atoms with Crippen molar-refractivity contribution in [2.45, 2.75) is 25.7 Å². The minimum absolute atomic E-state index is 0.0348. The van der Waals surface area contributed by atoms with Gasteiger partial charge in [0.15, 0.2) is 0 Å². The van der Waals surface area contributed by atoms with E-state index in [-0.39, 0.29) is 17.7 Å². The first kappa shape index (κ1) is 17.3. The first-order valence-corrected chi connectivity index (χ1v) is 8.81. The summed E-state index contributed by atoms with van der Waals surface area (Å²) in [6, 6.07) is 13.8. The number of piperidine rings is 1. The molecule has 5 nitrogen and oxygen atoms in total. The van der Waals surface area contributed by atoms with Crippen LogP contribution in [0.1, 0.15) is 25.0 Å². The number of hydrogen-bond donors (Lipinski definition) is 1. The maximum Gasteiger partial charge on any atom is 0.223 e. The molecule has 2 amide bonds. The average molecular weight is 340 g/mol. The Balaban J connectivity index is 1.49. The van der Waals surface area contributed by atoms with E-state index in [0.29, 0.717) is 25.9 Å². The van der Waals surface area contributed by atoms with Crippen molar-refractivity contribution >= 4 is 11.8 Å². The molecule has 1 aromatic heterocycles. The maximum atomic E-state index is 12.4. The molecule has 1 aliphatic heterocycles. The number of amides is 2. The van der Waals surface area contributed by atoms with Crippen molar-refractivity contribution in [1.82, 2.24) is 10.2 Å². The van der Waals surface area contributed by atoms with Crippen LogP contribution in [0.5, 0.6) is 0 Å². The van der Waals surface area contributed by atoms with E-state index in [4.69, 9.17) is 4.42 Å². The quantitative estimate of drug-likeness (QED) is 0.910. The Kier molecular flexibility index (Phi) is 5.53. The fourth-order valence-corrected chi connectivity index (χ4v) is 3.25. The summed E-state index contributed by atoms with van der Waals surface area (Å²) in [5.74, 6) is 1.90. The zero-order valence-electron chi connectivity index (χ0n) is 14.5. The zero-order valence-corrected chi connectivity index (χ0v) is 14.5. The molecule has 0 atom stereocenters. The third-order valence-corrected chi connectivity index (χ3v) is 4.77. The number of hydrogen-bond acceptors (Lipinski definition) is 3. The van der Waals surface area contributed by atoms with Crippen molar-refractivity contribution in [3.63, 3.8) is 0 Å². The van der Waals surface area contributed by atoms with Crippen LogP contribution in [0.3, 0.4) is 0 Å². The molecule has 2 heterocycles. The van der Waals surface area contributed by atoms with Gasteiger partial charge in [-0.2, -0.15) is 0 Å². The number of carbonyl (C=O) groups is 2. The van der Waals surface area contributed by atoms with E-state index in [1.165, 1.54) is 0 Å². The summed E-state index contributed by atoms with van der Waals surface area (Å²) in [4.78, 5) is 25.9. The highest BCUT2D eigenvalue weighted by Gasteiger charge is 2.26. The van der Waals surface area contributed by atoms with Gasteiger partial charge in [0, 0.05) is 44.5 Å². The molecule has 3 rings (SSSR count). The summed E-state index contributed by atoms with van der Waals surface area (Å²) >= 11 is 0. The van der Waals surface area contributed by atoms with E-state index in [1.807, 2.05) is 47.4 Å². The standard InChI is InChI=1S/C20H24N2O3/c1-21-20(24)16-11-13-22(14-12-16)19(23)10-8-17-7-9-18(25-17)15-5-3-2-4-6-15/h2-7,9,16H,8,10-14H2,1H3,(H,21,24). The lowest BCUT2D eigenvalue weighted by molar-refractivity contribution is -0.135. The summed E-state index contributed by atoms with van der Waals surface area (Å²) in [6.07, 6.45) is 2.52. The summed E-state index contributed by atoms with van der Waals surface area (Å²) in [5, 5.41) is 2.69. The van der Waals surface area contributed by atoms with Crippen LogP contribution in [0.2, 0.25) is 0 Å². The van der Waals surface area contributed by atoms with E-state index in [9.17, 15) is 9.59 Å². The monoisotopic (exact) mass is 340 g/mol. The first-order valence-electron chi connectivity index (χ1n) is 8.81. The second-order valence-electron chi connectivity index (χ2n) is 6.40. The molecule has 25 heavy (non-hydrogen) atoms. The Bertz CT molecular complexity index is 716. The second-order valence-corrected chi connectivity index (χ2v) is 6.40. The molecule has 0 saturated carbocycles. The molecule has 0 radical (unpaired) electrons. The number of nitrogens with zero attached hydrogens (tertiary/aromatic N) is 1. The lowest BCUT2D eigenvalue weighted by Gasteiger charge is -2.31. The van der Waals surface area contributed by atoms with Gasteiger partial charge in [0.05, 0.1) is 0 Å². The lowest BCUT2D eigenvalue weighted by Crippen LogP contribution is -2.42. The van der Waals surface area contributed by atoms with Gasteiger partial charge in [-0.15, -0.1) is 0 Å². The Morgan fingerprint density at radius 1 is 1.12 bits per heavy atom. The molecule has 1 saturated heterocycles. The Morgan fingerprint density at radius 2 is 1.84 bits per heavy atom. The SMILES string of the molecule is CNC(=O)C1CCN(C(=O)CCc2ccc(-c3ccccc3)o2)CC1. The van der Waals surface area contributed by atoms with Crippen molar-refractivity contribution < 1.29 is 14.0 Å². The molecule has 0 unspecified atom stereocenters. The zero-order chi connectivity index (χ0) is 17.6. The highest BCUT2D eigenvalue weighted by Crippen LogP contribution is 2.23. The van der Waals surface area contributed by atoms with Gasteiger partial charge in [-0.3, -0.25) is 9.59 Å². The minimum atomic E-state index is 0.0348. The van der Waals surface area contributed by atoms with Crippen LogP contribution in [0.25, 0.3) is 11.3 Å². The van der Waals surface area contributed by atoms with Crippen LogP contribution in [-0.4, -0.2) is 36.9 Å². The molecule has 0 spiro atoms. The topological polar surface area (TPSA) is 62.6 Å². The van der Waals surface area contributed by atoms with Gasteiger partial charge in [-0.1, -0.05) is 30.3 Å². The molecule has 1 aliphatic rings. The highest BCUT2D eigenvalue weighted by molar-refractivity contribution is 5.80. The summed E-state index contributed by atoms with van der Waals surface area (Å²) in [5.41, 5.74) is 1.04. The molecule has 0 bridgehead atoms. The van der Waals surface area contributed by atoms with E-state index >= 15 is 0 Å². The van der Waals surface area contributed by atoms with Crippen molar-refractivity contribution in [1.29, 1.82) is 0 Å². The van der Waals surface area contributed by atoms with Crippen molar-refractivity contribution in [2.75, 3.05) is 20.1 Å². The molecule has 0 aliphatic carbocycles. The van der Waals surface area contributed by atoms with Crippen molar-refractivity contribution in [2.24, 2.45) is 5.92 Å². The van der Waals surface area contributed by atoms with Gasteiger partial charge < -0.3 is 14.6 Å². The Labute approximate surface area is 148 Å². The molecular formula is C20H24N2O3. The molecule has 132 valence electrons. The van der Waals surface area contributed by atoms with Crippen molar-refractivity contribution in [3.05, 3.63) is 48.2 Å². The van der Waals surface area contributed by atoms with Crippen LogP contribution < -0.4 is 5.32 Å². The molecular weight excluding hydrogens is 316 g/mol. The maximum absolute atomic E-state index is 12.4.